The summed E-state index contributed by atoms with van der Waals surface area (Å²) in [5.41, 5.74) is 2.04. The summed E-state index contributed by atoms with van der Waals surface area (Å²) in [6.45, 7) is 1.88. The third-order valence-corrected chi connectivity index (χ3v) is 4.91. The van der Waals surface area contributed by atoms with E-state index in [1.165, 1.54) is 11.9 Å². The van der Waals surface area contributed by atoms with E-state index in [2.05, 4.69) is 5.32 Å². The van der Waals surface area contributed by atoms with Gasteiger partial charge in [-0.3, -0.25) is 14.4 Å². The Kier molecular flexibility index (Phi) is 8.03. The largest absolute Gasteiger partial charge is 0.336 e. The molecule has 1 N–H and O–H groups in total. The van der Waals surface area contributed by atoms with Crippen LogP contribution >= 0.6 is 23.2 Å². The zero-order valence-electron chi connectivity index (χ0n) is 15.8. The summed E-state index contributed by atoms with van der Waals surface area (Å²) in [5.74, 6) is -0.817. The van der Waals surface area contributed by atoms with Crippen molar-refractivity contribution in [2.24, 2.45) is 0 Å². The number of nitrogens with one attached hydrogen (secondary N) is 1. The van der Waals surface area contributed by atoms with Crippen LogP contribution in [0.1, 0.15) is 35.7 Å². The number of hydrogen-bond donors (Lipinski definition) is 1. The predicted molar refractivity (Wildman–Crippen MR) is 112 cm³/mol. The van der Waals surface area contributed by atoms with Crippen molar-refractivity contribution in [1.82, 2.24) is 4.90 Å². The molecule has 2 aromatic rings. The Morgan fingerprint density at radius 2 is 1.57 bits per heavy atom. The third-order valence-electron chi connectivity index (χ3n) is 4.28. The van der Waals surface area contributed by atoms with Crippen molar-refractivity contribution in [2.75, 3.05) is 18.9 Å². The first-order chi connectivity index (χ1) is 13.3. The maximum Gasteiger partial charge on any atom is 0.244 e. The Hall–Kier alpha value is -2.37. The van der Waals surface area contributed by atoms with Gasteiger partial charge in [-0.1, -0.05) is 60.5 Å². The fourth-order valence-electron chi connectivity index (χ4n) is 2.58. The van der Waals surface area contributed by atoms with Crippen LogP contribution in [0.15, 0.2) is 42.5 Å². The van der Waals surface area contributed by atoms with Crippen LogP contribution in [0.25, 0.3) is 0 Å². The van der Waals surface area contributed by atoms with E-state index in [-0.39, 0.29) is 31.1 Å². The predicted octanol–water partition coefficient (Wildman–Crippen LogP) is 4.62. The molecule has 0 saturated carbocycles. The molecular weight excluding hydrogens is 399 g/mol. The average Bonchev–Trinajstić information content (AvgIpc) is 2.68. The molecule has 2 aromatic carbocycles. The Morgan fingerprint density at radius 3 is 2.14 bits per heavy atom. The molecule has 0 aliphatic rings. The van der Waals surface area contributed by atoms with Crippen LogP contribution in [0.3, 0.4) is 0 Å². The first kappa shape index (κ1) is 21.9. The van der Waals surface area contributed by atoms with E-state index < -0.39 is 5.91 Å². The van der Waals surface area contributed by atoms with E-state index in [1.807, 2.05) is 19.1 Å². The number of amides is 2. The van der Waals surface area contributed by atoms with E-state index in [0.29, 0.717) is 21.3 Å². The van der Waals surface area contributed by atoms with Crippen LogP contribution in [0.2, 0.25) is 10.0 Å². The molecule has 0 aliphatic heterocycles. The van der Waals surface area contributed by atoms with Crippen molar-refractivity contribution < 1.29 is 14.4 Å². The maximum absolute atomic E-state index is 12.2. The van der Waals surface area contributed by atoms with E-state index in [0.717, 1.165) is 12.0 Å². The first-order valence-electron chi connectivity index (χ1n) is 8.91. The van der Waals surface area contributed by atoms with E-state index in [4.69, 9.17) is 23.2 Å². The lowest BCUT2D eigenvalue weighted by molar-refractivity contribution is -0.133. The monoisotopic (exact) mass is 420 g/mol. The van der Waals surface area contributed by atoms with Crippen LogP contribution in [-0.4, -0.2) is 36.1 Å². The van der Waals surface area contributed by atoms with Gasteiger partial charge in [0.15, 0.2) is 5.78 Å². The molecule has 5 nitrogen and oxygen atoms in total. The highest BCUT2D eigenvalue weighted by atomic mass is 35.5. The minimum absolute atomic E-state index is 0.0327. The number of rotatable bonds is 8. The molecule has 2 rings (SSSR count). The summed E-state index contributed by atoms with van der Waals surface area (Å²) in [4.78, 5) is 37.9. The number of nitrogens with zero attached hydrogens (tertiary/aromatic N) is 1. The zero-order chi connectivity index (χ0) is 20.7. The molecule has 0 atom stereocenters. The fourth-order valence-corrected chi connectivity index (χ4v) is 3.07. The van der Waals surface area contributed by atoms with Gasteiger partial charge >= 0.3 is 0 Å². The molecule has 0 aliphatic carbocycles. The highest BCUT2D eigenvalue weighted by Crippen LogP contribution is 2.29. The standard InChI is InChI=1S/C21H22Cl2N2O3/c1-3-14-7-9-15(10-8-14)18(26)11-12-20(28)25(2)13-19(27)24-21-16(22)5-4-6-17(21)23/h4-10H,3,11-13H2,1-2H3,(H,24,27). The molecule has 148 valence electrons. The fraction of sp³-hybridized carbons (Fsp3) is 0.286. The summed E-state index contributed by atoms with van der Waals surface area (Å²) in [7, 11) is 1.51. The number of benzene rings is 2. The molecule has 2 amide bonds. The van der Waals surface area contributed by atoms with E-state index in [9.17, 15) is 14.4 Å². The maximum atomic E-state index is 12.2. The number of carbonyl (C=O) groups is 3. The molecule has 0 bridgehead atoms. The number of carbonyl (C=O) groups excluding carboxylic acids is 3. The molecule has 0 heterocycles. The van der Waals surface area contributed by atoms with Gasteiger partial charge in [-0.2, -0.15) is 0 Å². The van der Waals surface area contributed by atoms with Gasteiger partial charge in [0, 0.05) is 25.5 Å². The van der Waals surface area contributed by atoms with Crippen molar-refractivity contribution >= 4 is 46.5 Å². The molecule has 0 saturated heterocycles. The first-order valence-corrected chi connectivity index (χ1v) is 9.67. The Bertz CT molecular complexity index is 846. The Balaban J connectivity index is 1.84. The van der Waals surface area contributed by atoms with Crippen LogP contribution in [-0.2, 0) is 16.0 Å². The van der Waals surface area contributed by atoms with E-state index in [1.54, 1.807) is 30.3 Å². The SMILES string of the molecule is CCc1ccc(C(=O)CCC(=O)N(C)CC(=O)Nc2c(Cl)cccc2Cl)cc1. The normalized spacial score (nSPS) is 10.4. The highest BCUT2D eigenvalue weighted by molar-refractivity contribution is 6.39. The van der Waals surface area contributed by atoms with Gasteiger partial charge in [-0.15, -0.1) is 0 Å². The topological polar surface area (TPSA) is 66.5 Å². The quantitative estimate of drug-likeness (QED) is 0.633. The number of halogens is 2. The second-order valence-electron chi connectivity index (χ2n) is 6.37. The number of para-hydroxylation sites is 1. The number of anilines is 1. The summed E-state index contributed by atoms with van der Waals surface area (Å²) in [5, 5.41) is 3.23. The van der Waals surface area contributed by atoms with Crippen molar-refractivity contribution in [3.8, 4) is 0 Å². The van der Waals surface area contributed by atoms with Gasteiger partial charge in [0.05, 0.1) is 22.3 Å². The summed E-state index contributed by atoms with van der Waals surface area (Å²) < 4.78 is 0. The lowest BCUT2D eigenvalue weighted by Gasteiger charge is -2.17. The zero-order valence-corrected chi connectivity index (χ0v) is 17.3. The van der Waals surface area contributed by atoms with Gasteiger partial charge in [0.1, 0.15) is 0 Å². The molecule has 0 aromatic heterocycles. The van der Waals surface area contributed by atoms with Gasteiger partial charge in [-0.25, -0.2) is 0 Å². The van der Waals surface area contributed by atoms with Crippen molar-refractivity contribution in [2.45, 2.75) is 26.2 Å². The third kappa shape index (κ3) is 6.08. The molecule has 0 fully saturated rings. The van der Waals surface area contributed by atoms with Crippen LogP contribution in [0, 0.1) is 0 Å². The summed E-state index contributed by atoms with van der Waals surface area (Å²) >= 11 is 12.0. The second kappa shape index (κ2) is 10.2. The average molecular weight is 421 g/mol. The molecule has 0 unspecified atom stereocenters. The number of Topliss-reactive ketones (excluding diaryl/α,β-unsaturated/α-hetero) is 1. The van der Waals surface area contributed by atoms with Gasteiger partial charge < -0.3 is 10.2 Å². The van der Waals surface area contributed by atoms with Crippen LogP contribution in [0.4, 0.5) is 5.69 Å². The number of aryl methyl sites for hydroxylation is 1. The van der Waals surface area contributed by atoms with E-state index >= 15 is 0 Å². The van der Waals surface area contributed by atoms with Crippen LogP contribution < -0.4 is 5.32 Å². The lowest BCUT2D eigenvalue weighted by atomic mass is 10.0. The van der Waals surface area contributed by atoms with Gasteiger partial charge in [0.25, 0.3) is 0 Å². The molecule has 0 spiro atoms. The number of ketones is 1. The highest BCUT2D eigenvalue weighted by Gasteiger charge is 2.17. The number of hydrogen-bond acceptors (Lipinski definition) is 3. The Labute approximate surface area is 174 Å². The minimum atomic E-state index is -0.424. The number of likely N-dealkylation sites (N-methyl/N-ethyl adjacent to an activating group) is 1. The van der Waals surface area contributed by atoms with Gasteiger partial charge in [-0.05, 0) is 24.1 Å². The summed E-state index contributed by atoms with van der Waals surface area (Å²) in [6.07, 6.45) is 1.02. The smallest absolute Gasteiger partial charge is 0.244 e. The van der Waals surface area contributed by atoms with Crippen molar-refractivity contribution in [3.05, 3.63) is 63.6 Å². The molecule has 0 radical (unpaired) electrons. The molecular formula is C21H22Cl2N2O3. The summed E-state index contributed by atoms with van der Waals surface area (Å²) in [6, 6.07) is 12.2. The van der Waals surface area contributed by atoms with Crippen molar-refractivity contribution in [1.29, 1.82) is 0 Å². The lowest BCUT2D eigenvalue weighted by Crippen LogP contribution is -2.35. The van der Waals surface area contributed by atoms with Crippen molar-refractivity contribution in [3.63, 3.8) is 0 Å². The van der Waals surface area contributed by atoms with Crippen LogP contribution in [0.5, 0.6) is 0 Å². The van der Waals surface area contributed by atoms with Gasteiger partial charge in [0.2, 0.25) is 11.8 Å². The molecule has 28 heavy (non-hydrogen) atoms. The molecule has 7 heteroatoms. The second-order valence-corrected chi connectivity index (χ2v) is 7.18. The Morgan fingerprint density at radius 1 is 0.964 bits per heavy atom. The minimum Gasteiger partial charge on any atom is -0.336 e.